The average Bonchev–Trinajstić information content (AvgIpc) is 3.47. The number of rotatable bonds is 5. The summed E-state index contributed by atoms with van der Waals surface area (Å²) in [4.78, 5) is 27.7. The average molecular weight is 542 g/mol. The maximum Gasteiger partial charge on any atom is 0.296 e. The monoisotopic (exact) mass is 541 g/mol. The Bertz CT molecular complexity index is 1350. The molecule has 0 bridgehead atoms. The van der Waals surface area contributed by atoms with Crippen LogP contribution in [0.4, 0.5) is 0 Å². The molecule has 35 heavy (non-hydrogen) atoms. The molecule has 2 aliphatic heterocycles. The first-order valence-corrected chi connectivity index (χ1v) is 11.5. The van der Waals surface area contributed by atoms with Gasteiger partial charge in [0.15, 0.2) is 23.0 Å². The SMILES string of the molecule is COc1cc([C@H]2C(=C(O)c3ccc4c(c3)OCCO4)C(=O)C(=O)N2Cc2ccco2)cc(Br)c1O. The maximum absolute atomic E-state index is 13.2. The molecule has 2 aromatic carbocycles. The Hall–Kier alpha value is -3.92. The van der Waals surface area contributed by atoms with Crippen LogP contribution in [-0.4, -0.2) is 47.1 Å². The van der Waals surface area contributed by atoms with Gasteiger partial charge >= 0.3 is 0 Å². The fraction of sp³-hybridized carbons (Fsp3) is 0.200. The van der Waals surface area contributed by atoms with Crippen molar-refractivity contribution in [2.45, 2.75) is 12.6 Å². The summed E-state index contributed by atoms with van der Waals surface area (Å²) >= 11 is 3.29. The molecule has 1 aromatic heterocycles. The predicted molar refractivity (Wildman–Crippen MR) is 126 cm³/mol. The van der Waals surface area contributed by atoms with Crippen LogP contribution in [0.5, 0.6) is 23.0 Å². The second kappa shape index (κ2) is 9.03. The van der Waals surface area contributed by atoms with Gasteiger partial charge in [0.25, 0.3) is 11.7 Å². The molecule has 10 heteroatoms. The number of benzene rings is 2. The predicted octanol–water partition coefficient (Wildman–Crippen LogP) is 4.15. The Labute approximate surface area is 208 Å². The molecule has 3 heterocycles. The number of aliphatic hydroxyl groups is 1. The molecule has 1 saturated heterocycles. The van der Waals surface area contributed by atoms with Crippen LogP contribution < -0.4 is 14.2 Å². The topological polar surface area (TPSA) is 119 Å². The van der Waals surface area contributed by atoms with Crippen molar-refractivity contribution in [3.05, 3.63) is 75.7 Å². The number of phenols is 1. The minimum Gasteiger partial charge on any atom is -0.507 e. The van der Waals surface area contributed by atoms with Gasteiger partial charge in [-0.3, -0.25) is 9.59 Å². The van der Waals surface area contributed by atoms with E-state index < -0.39 is 17.7 Å². The molecule has 0 spiro atoms. The number of ketones is 1. The Morgan fingerprint density at radius 1 is 1.14 bits per heavy atom. The molecule has 2 aliphatic rings. The number of hydrogen-bond acceptors (Lipinski definition) is 8. The van der Waals surface area contributed by atoms with Crippen LogP contribution in [-0.2, 0) is 16.1 Å². The first-order valence-electron chi connectivity index (χ1n) is 10.7. The summed E-state index contributed by atoms with van der Waals surface area (Å²) in [5.41, 5.74) is 0.620. The van der Waals surface area contributed by atoms with Crippen LogP contribution >= 0.6 is 15.9 Å². The van der Waals surface area contributed by atoms with Gasteiger partial charge in [0, 0.05) is 5.56 Å². The minimum absolute atomic E-state index is 0.0129. The van der Waals surface area contributed by atoms with E-state index in [-0.39, 0.29) is 29.4 Å². The molecule has 3 aromatic rings. The molecule has 0 saturated carbocycles. The van der Waals surface area contributed by atoms with Crippen LogP contribution in [0, 0.1) is 0 Å². The Balaban J connectivity index is 1.68. The van der Waals surface area contributed by atoms with Gasteiger partial charge in [0.2, 0.25) is 0 Å². The second-order valence-corrected chi connectivity index (χ2v) is 8.77. The highest BCUT2D eigenvalue weighted by atomic mass is 79.9. The summed E-state index contributed by atoms with van der Waals surface area (Å²) in [6.45, 7) is 0.751. The van der Waals surface area contributed by atoms with Gasteiger partial charge in [0.1, 0.15) is 24.7 Å². The number of aromatic hydroxyl groups is 1. The zero-order chi connectivity index (χ0) is 24.7. The van der Waals surface area contributed by atoms with Crippen molar-refractivity contribution in [1.82, 2.24) is 4.90 Å². The third-order valence-corrected chi connectivity index (χ3v) is 6.45. The Morgan fingerprint density at radius 2 is 1.91 bits per heavy atom. The smallest absolute Gasteiger partial charge is 0.296 e. The summed E-state index contributed by atoms with van der Waals surface area (Å²) in [6, 6.07) is 10.3. The van der Waals surface area contributed by atoms with Crippen molar-refractivity contribution >= 4 is 33.4 Å². The first kappa shape index (κ1) is 22.9. The minimum atomic E-state index is -0.987. The van der Waals surface area contributed by atoms with E-state index in [4.69, 9.17) is 18.6 Å². The van der Waals surface area contributed by atoms with Crippen molar-refractivity contribution in [2.75, 3.05) is 20.3 Å². The van der Waals surface area contributed by atoms with Crippen molar-refractivity contribution in [3.63, 3.8) is 0 Å². The molecule has 0 radical (unpaired) electrons. The molecule has 1 amide bonds. The standard InChI is InChI=1S/C25H20BrNO8/c1-32-19-11-14(9-16(26)23(19)29)21-20(24(30)25(31)27(21)12-15-3-2-6-33-15)22(28)13-4-5-17-18(10-13)35-8-7-34-17/h2-6,9-11,21,28-29H,7-8,12H2,1H3/t21-/m0/s1. The van der Waals surface area contributed by atoms with E-state index in [0.29, 0.717) is 46.1 Å². The lowest BCUT2D eigenvalue weighted by atomic mass is 9.94. The number of carbonyl (C=O) groups excluding carboxylic acids is 2. The summed E-state index contributed by atoms with van der Waals surface area (Å²) in [7, 11) is 1.39. The molecule has 2 N–H and O–H groups in total. The molecule has 9 nitrogen and oxygen atoms in total. The first-order chi connectivity index (χ1) is 16.9. The van der Waals surface area contributed by atoms with E-state index >= 15 is 0 Å². The number of likely N-dealkylation sites (tertiary alicyclic amines) is 1. The largest absolute Gasteiger partial charge is 0.507 e. The molecule has 1 fully saturated rings. The molecule has 0 aliphatic carbocycles. The number of furan rings is 1. The number of fused-ring (bicyclic) bond motifs is 1. The molecule has 180 valence electrons. The highest BCUT2D eigenvalue weighted by molar-refractivity contribution is 9.10. The fourth-order valence-corrected chi connectivity index (χ4v) is 4.67. The van der Waals surface area contributed by atoms with Crippen molar-refractivity contribution < 1.29 is 38.4 Å². The van der Waals surface area contributed by atoms with Crippen molar-refractivity contribution in [2.24, 2.45) is 0 Å². The van der Waals surface area contributed by atoms with Crippen LogP contribution in [0.2, 0.25) is 0 Å². The van der Waals surface area contributed by atoms with Gasteiger partial charge in [-0.05, 0) is 64.0 Å². The number of aliphatic hydroxyl groups excluding tert-OH is 1. The summed E-state index contributed by atoms with van der Waals surface area (Å²) in [5.74, 6) is -0.601. The number of phenolic OH excluding ortho intramolecular Hbond substituents is 1. The fourth-order valence-electron chi connectivity index (χ4n) is 4.21. The van der Waals surface area contributed by atoms with Gasteiger partial charge in [-0.15, -0.1) is 0 Å². The Morgan fingerprint density at radius 3 is 2.63 bits per heavy atom. The summed E-state index contributed by atoms with van der Waals surface area (Å²) in [6.07, 6.45) is 1.47. The molecule has 1 atom stereocenters. The van der Waals surface area contributed by atoms with Gasteiger partial charge in [0.05, 0.1) is 36.0 Å². The summed E-state index contributed by atoms with van der Waals surface area (Å²) < 4.78 is 22.1. The second-order valence-electron chi connectivity index (χ2n) is 7.92. The third kappa shape index (κ3) is 3.99. The third-order valence-electron chi connectivity index (χ3n) is 5.85. The Kier molecular flexibility index (Phi) is 5.89. The van der Waals surface area contributed by atoms with Crippen LogP contribution in [0.15, 0.2) is 63.2 Å². The highest BCUT2D eigenvalue weighted by Crippen LogP contribution is 2.45. The zero-order valence-electron chi connectivity index (χ0n) is 18.5. The van der Waals surface area contributed by atoms with Crippen LogP contribution in [0.3, 0.4) is 0 Å². The van der Waals surface area contributed by atoms with E-state index in [1.54, 1.807) is 36.4 Å². The van der Waals surface area contributed by atoms with Crippen LogP contribution in [0.1, 0.15) is 22.9 Å². The van der Waals surface area contributed by atoms with E-state index in [2.05, 4.69) is 15.9 Å². The number of amides is 1. The van der Waals surface area contributed by atoms with E-state index in [1.807, 2.05) is 0 Å². The van der Waals surface area contributed by atoms with Crippen LogP contribution in [0.25, 0.3) is 5.76 Å². The number of carbonyl (C=O) groups is 2. The van der Waals surface area contributed by atoms with Crippen molar-refractivity contribution in [3.8, 4) is 23.0 Å². The molecule has 0 unspecified atom stereocenters. The number of Topliss-reactive ketones (excluding diaryl/α,β-unsaturated/α-hetero) is 1. The quantitative estimate of drug-likeness (QED) is 0.281. The maximum atomic E-state index is 13.2. The lowest BCUT2D eigenvalue weighted by Crippen LogP contribution is -2.29. The molecule has 5 rings (SSSR count). The normalized spacial score (nSPS) is 18.7. The van der Waals surface area contributed by atoms with Gasteiger partial charge in [-0.2, -0.15) is 0 Å². The van der Waals surface area contributed by atoms with E-state index in [9.17, 15) is 19.8 Å². The summed E-state index contributed by atoms with van der Waals surface area (Å²) in [5, 5.41) is 21.6. The van der Waals surface area contributed by atoms with Crippen molar-refractivity contribution in [1.29, 1.82) is 0 Å². The molecular weight excluding hydrogens is 522 g/mol. The zero-order valence-corrected chi connectivity index (χ0v) is 20.1. The number of halogens is 1. The van der Waals surface area contributed by atoms with Gasteiger partial charge < -0.3 is 33.7 Å². The lowest BCUT2D eigenvalue weighted by molar-refractivity contribution is -0.140. The van der Waals surface area contributed by atoms with E-state index in [1.165, 1.54) is 24.3 Å². The number of methoxy groups -OCH3 is 1. The highest BCUT2D eigenvalue weighted by Gasteiger charge is 2.47. The number of ether oxygens (including phenoxy) is 3. The van der Waals surface area contributed by atoms with E-state index in [0.717, 1.165) is 0 Å². The van der Waals surface area contributed by atoms with Gasteiger partial charge in [-0.25, -0.2) is 0 Å². The molecular formula is C25H20BrNO8. The lowest BCUT2D eigenvalue weighted by Gasteiger charge is -2.25. The van der Waals surface area contributed by atoms with Gasteiger partial charge in [-0.1, -0.05) is 0 Å². The number of hydrogen-bond donors (Lipinski definition) is 2. The number of nitrogens with zero attached hydrogens (tertiary/aromatic N) is 1.